The summed E-state index contributed by atoms with van der Waals surface area (Å²) in [4.78, 5) is 20.8. The first-order valence-corrected chi connectivity index (χ1v) is 9.44. The number of aliphatic hydroxyl groups is 1. The summed E-state index contributed by atoms with van der Waals surface area (Å²) in [7, 11) is 0. The van der Waals surface area contributed by atoms with Gasteiger partial charge < -0.3 is 10.4 Å². The molecule has 1 amide bonds. The van der Waals surface area contributed by atoms with Gasteiger partial charge in [-0.1, -0.05) is 36.4 Å². The number of hydroxylamine groups is 1. The van der Waals surface area contributed by atoms with Gasteiger partial charge in [0.2, 0.25) is 0 Å². The molecule has 4 rings (SSSR count). The van der Waals surface area contributed by atoms with Crippen LogP contribution in [0.4, 0.5) is 5.69 Å². The van der Waals surface area contributed by atoms with Gasteiger partial charge in [0, 0.05) is 35.6 Å². The highest BCUT2D eigenvalue weighted by Crippen LogP contribution is 2.27. The number of benzene rings is 2. The molecule has 2 aromatic heterocycles. The quantitative estimate of drug-likeness (QED) is 0.245. The second-order valence-electron chi connectivity index (χ2n) is 6.69. The van der Waals surface area contributed by atoms with Gasteiger partial charge >= 0.3 is 0 Å². The molecule has 0 aliphatic carbocycles. The molecule has 0 aliphatic rings. The predicted molar refractivity (Wildman–Crippen MR) is 130 cm³/mol. The molecular weight excluding hydrogens is 451 g/mol. The van der Waals surface area contributed by atoms with Gasteiger partial charge in [-0.2, -0.15) is 0 Å². The van der Waals surface area contributed by atoms with E-state index in [0.717, 1.165) is 22.4 Å². The van der Waals surface area contributed by atoms with Crippen LogP contribution in [0.1, 0.15) is 10.4 Å². The van der Waals surface area contributed by atoms with Crippen molar-refractivity contribution in [1.29, 1.82) is 0 Å². The third kappa shape index (κ3) is 5.33. The molecule has 0 fully saturated rings. The smallest absolute Gasteiger partial charge is 0.275 e. The number of hydrogen-bond acceptors (Lipinski definition) is 6. The van der Waals surface area contributed by atoms with Gasteiger partial charge in [0.25, 0.3) is 5.91 Å². The largest absolute Gasteiger partial charge is 0.395 e. The van der Waals surface area contributed by atoms with Gasteiger partial charge in [0.15, 0.2) is 0 Å². The minimum Gasteiger partial charge on any atom is -0.395 e. The average molecular weight is 473 g/mol. The maximum atomic E-state index is 12.1. The van der Waals surface area contributed by atoms with Gasteiger partial charge in [-0.25, -0.2) is 10.5 Å². The number of fused-ring (bicyclic) bond motifs is 1. The van der Waals surface area contributed by atoms with E-state index in [2.05, 4.69) is 15.3 Å². The lowest BCUT2D eigenvalue weighted by molar-refractivity contribution is 0.0708. The lowest BCUT2D eigenvalue weighted by Crippen LogP contribution is -2.19. The van der Waals surface area contributed by atoms with Crippen LogP contribution >= 0.6 is 24.8 Å². The molecule has 0 saturated heterocycles. The zero-order chi connectivity index (χ0) is 20.9. The van der Waals surface area contributed by atoms with Crippen molar-refractivity contribution >= 4 is 47.3 Å². The summed E-state index contributed by atoms with van der Waals surface area (Å²) in [5, 5.41) is 21.7. The number of amides is 1. The topological polar surface area (TPSA) is 107 Å². The Bertz CT molecular complexity index is 1190. The summed E-state index contributed by atoms with van der Waals surface area (Å²) in [5.74, 6) is -0.608. The molecule has 0 atom stereocenters. The van der Waals surface area contributed by atoms with E-state index in [9.17, 15) is 4.79 Å². The van der Waals surface area contributed by atoms with Crippen molar-refractivity contribution in [1.82, 2.24) is 15.4 Å². The molecule has 4 N–H and O–H groups in total. The molecule has 0 spiro atoms. The highest BCUT2D eigenvalue weighted by Gasteiger charge is 2.13. The van der Waals surface area contributed by atoms with E-state index in [-0.39, 0.29) is 31.4 Å². The lowest BCUT2D eigenvalue weighted by atomic mass is 10.0. The second-order valence-corrected chi connectivity index (χ2v) is 6.69. The normalized spacial score (nSPS) is 10.1. The van der Waals surface area contributed by atoms with Crippen LogP contribution in [0.15, 0.2) is 73.1 Å². The van der Waals surface area contributed by atoms with E-state index in [1.807, 2.05) is 48.5 Å². The van der Waals surface area contributed by atoms with Crippen LogP contribution in [-0.4, -0.2) is 39.3 Å². The number of nitrogens with zero attached hydrogens (tertiary/aromatic N) is 2. The van der Waals surface area contributed by atoms with Crippen LogP contribution in [0.2, 0.25) is 0 Å². The first kappa shape index (κ1) is 25.0. The molecule has 9 heteroatoms. The zero-order valence-corrected chi connectivity index (χ0v) is 18.5. The SMILES string of the molecule is Cl.Cl.O=C(NO)c1cc(-c2ccc(-c3ccc(NCCO)cc3)cc2)nc2ccncc12. The maximum Gasteiger partial charge on any atom is 0.275 e. The first-order chi connectivity index (χ1) is 14.7. The molecule has 0 bridgehead atoms. The Labute approximate surface area is 197 Å². The summed E-state index contributed by atoms with van der Waals surface area (Å²) in [6.45, 7) is 0.601. The Kier molecular flexibility index (Phi) is 8.92. The Morgan fingerprint density at radius 1 is 0.906 bits per heavy atom. The highest BCUT2D eigenvalue weighted by atomic mass is 35.5. The van der Waals surface area contributed by atoms with Crippen LogP contribution in [0.25, 0.3) is 33.3 Å². The fourth-order valence-electron chi connectivity index (χ4n) is 3.28. The van der Waals surface area contributed by atoms with E-state index in [0.29, 0.717) is 28.7 Å². The minimum atomic E-state index is -0.608. The molecular formula is C23H22Cl2N4O3. The number of nitrogens with one attached hydrogen (secondary N) is 2. The van der Waals surface area contributed by atoms with Gasteiger partial charge in [0.05, 0.1) is 23.4 Å². The van der Waals surface area contributed by atoms with Crippen LogP contribution in [-0.2, 0) is 0 Å². The Hall–Kier alpha value is -3.23. The van der Waals surface area contributed by atoms with Crippen molar-refractivity contribution in [3.8, 4) is 22.4 Å². The molecule has 166 valence electrons. The number of hydrogen-bond donors (Lipinski definition) is 4. The lowest BCUT2D eigenvalue weighted by Gasteiger charge is -2.10. The van der Waals surface area contributed by atoms with E-state index >= 15 is 0 Å². The number of aromatic nitrogens is 2. The highest BCUT2D eigenvalue weighted by molar-refractivity contribution is 6.06. The second kappa shape index (κ2) is 11.4. The van der Waals surface area contributed by atoms with Gasteiger partial charge in [0.1, 0.15) is 0 Å². The van der Waals surface area contributed by atoms with Crippen molar-refractivity contribution in [3.05, 3.63) is 78.6 Å². The van der Waals surface area contributed by atoms with Crippen molar-refractivity contribution in [2.75, 3.05) is 18.5 Å². The van der Waals surface area contributed by atoms with Crippen molar-refractivity contribution < 1.29 is 15.1 Å². The van der Waals surface area contributed by atoms with E-state index in [1.54, 1.807) is 30.0 Å². The number of aliphatic hydroxyl groups excluding tert-OH is 1. The van der Waals surface area contributed by atoms with Crippen molar-refractivity contribution in [2.24, 2.45) is 0 Å². The zero-order valence-electron chi connectivity index (χ0n) is 16.9. The molecule has 2 heterocycles. The van der Waals surface area contributed by atoms with E-state index in [4.69, 9.17) is 10.3 Å². The average Bonchev–Trinajstić information content (AvgIpc) is 2.82. The summed E-state index contributed by atoms with van der Waals surface area (Å²) in [5.41, 5.74) is 7.16. The van der Waals surface area contributed by atoms with Gasteiger partial charge in [-0.05, 0) is 35.4 Å². The Balaban J connectivity index is 0.00000181. The third-order valence-electron chi connectivity index (χ3n) is 4.80. The summed E-state index contributed by atoms with van der Waals surface area (Å²) in [6, 6.07) is 19.2. The molecule has 32 heavy (non-hydrogen) atoms. The van der Waals surface area contributed by atoms with Crippen LogP contribution < -0.4 is 10.8 Å². The molecule has 0 saturated carbocycles. The molecule has 2 aromatic carbocycles. The number of halogens is 2. The number of carbonyl (C=O) groups excluding carboxylic acids is 1. The molecule has 0 aliphatic heterocycles. The standard InChI is InChI=1S/C23H20N4O3.2ClH/c28-12-11-25-18-7-5-16(6-8-18)15-1-3-17(4-2-15)22-13-19(23(29)27-30)20-14-24-10-9-21(20)26-22;;/h1-10,13-14,25,28,30H,11-12H2,(H,27,29);2*1H. The summed E-state index contributed by atoms with van der Waals surface area (Å²) < 4.78 is 0. The van der Waals surface area contributed by atoms with Crippen LogP contribution in [0, 0.1) is 0 Å². The van der Waals surface area contributed by atoms with E-state index < -0.39 is 5.91 Å². The number of rotatable bonds is 6. The predicted octanol–water partition coefficient (Wildman–Crippen LogP) is 4.33. The fraction of sp³-hybridized carbons (Fsp3) is 0.0870. The number of pyridine rings is 2. The first-order valence-electron chi connectivity index (χ1n) is 9.44. The van der Waals surface area contributed by atoms with E-state index in [1.165, 1.54) is 0 Å². The fourth-order valence-corrected chi connectivity index (χ4v) is 3.28. The number of carbonyl (C=O) groups is 1. The molecule has 4 aromatic rings. The summed E-state index contributed by atoms with van der Waals surface area (Å²) in [6.07, 6.45) is 3.17. The third-order valence-corrected chi connectivity index (χ3v) is 4.80. The van der Waals surface area contributed by atoms with Gasteiger partial charge in [-0.3, -0.25) is 15.0 Å². The summed E-state index contributed by atoms with van der Waals surface area (Å²) >= 11 is 0. The van der Waals surface area contributed by atoms with Crippen LogP contribution in [0.5, 0.6) is 0 Å². The maximum absolute atomic E-state index is 12.1. The van der Waals surface area contributed by atoms with Crippen molar-refractivity contribution in [3.63, 3.8) is 0 Å². The monoisotopic (exact) mass is 472 g/mol. The molecule has 0 unspecified atom stereocenters. The van der Waals surface area contributed by atoms with Gasteiger partial charge in [-0.15, -0.1) is 24.8 Å². The van der Waals surface area contributed by atoms with Crippen LogP contribution in [0.3, 0.4) is 0 Å². The number of anilines is 1. The minimum absolute atomic E-state index is 0. The van der Waals surface area contributed by atoms with Crippen molar-refractivity contribution in [2.45, 2.75) is 0 Å². The molecule has 7 nitrogen and oxygen atoms in total. The Morgan fingerprint density at radius 2 is 1.53 bits per heavy atom. The Morgan fingerprint density at radius 3 is 2.16 bits per heavy atom. The molecule has 0 radical (unpaired) electrons.